The van der Waals surface area contributed by atoms with Crippen LogP contribution in [0.2, 0.25) is 5.02 Å². The van der Waals surface area contributed by atoms with E-state index in [0.717, 1.165) is 25.2 Å². The van der Waals surface area contributed by atoms with Gasteiger partial charge in [0.1, 0.15) is 0 Å². The van der Waals surface area contributed by atoms with Crippen LogP contribution in [0.25, 0.3) is 0 Å². The number of imide groups is 1. The van der Waals surface area contributed by atoms with Crippen molar-refractivity contribution < 1.29 is 9.59 Å². The lowest BCUT2D eigenvalue weighted by molar-refractivity contribution is -0.120. The highest BCUT2D eigenvalue weighted by atomic mass is 35.5. The van der Waals surface area contributed by atoms with E-state index in [0.29, 0.717) is 11.6 Å². The number of piperazine rings is 1. The summed E-state index contributed by atoms with van der Waals surface area (Å²) in [5.41, 5.74) is 1.13. The van der Waals surface area contributed by atoms with Crippen LogP contribution in [0.5, 0.6) is 0 Å². The Labute approximate surface area is 147 Å². The van der Waals surface area contributed by atoms with Crippen LogP contribution < -0.4 is 16.0 Å². The monoisotopic (exact) mass is 360 g/mol. The standard InChI is InChI=1S/C15H21ClN4O2.ClH/c1-17-15(22)19-14(21)5-7-20-8-6-18-10-13(20)11-3-2-4-12(16)9-11;/h2-4,9,13,18H,5-8,10H2,1H3,(H2,17,19,21,22);1H. The lowest BCUT2D eigenvalue weighted by Gasteiger charge is -2.36. The molecule has 0 aromatic heterocycles. The van der Waals surface area contributed by atoms with Crippen molar-refractivity contribution in [1.82, 2.24) is 20.9 Å². The highest BCUT2D eigenvalue weighted by molar-refractivity contribution is 6.30. The second-order valence-electron chi connectivity index (χ2n) is 5.19. The van der Waals surface area contributed by atoms with Gasteiger partial charge >= 0.3 is 6.03 Å². The molecule has 128 valence electrons. The molecule has 0 radical (unpaired) electrons. The molecule has 3 N–H and O–H groups in total. The van der Waals surface area contributed by atoms with Crippen molar-refractivity contribution in [2.75, 3.05) is 33.2 Å². The van der Waals surface area contributed by atoms with Crippen LogP contribution in [0.1, 0.15) is 18.0 Å². The Morgan fingerprint density at radius 3 is 2.91 bits per heavy atom. The summed E-state index contributed by atoms with van der Waals surface area (Å²) in [6.07, 6.45) is 0.282. The van der Waals surface area contributed by atoms with Crippen LogP contribution in [0.4, 0.5) is 4.79 Å². The maximum absolute atomic E-state index is 11.7. The second-order valence-corrected chi connectivity index (χ2v) is 5.62. The van der Waals surface area contributed by atoms with Gasteiger partial charge in [-0.3, -0.25) is 15.0 Å². The molecule has 1 aliphatic heterocycles. The van der Waals surface area contributed by atoms with E-state index >= 15 is 0 Å². The lowest BCUT2D eigenvalue weighted by Crippen LogP contribution is -2.47. The fraction of sp³-hybridized carbons (Fsp3) is 0.467. The summed E-state index contributed by atoms with van der Waals surface area (Å²) in [6, 6.07) is 7.49. The molecular weight excluding hydrogens is 339 g/mol. The maximum Gasteiger partial charge on any atom is 0.321 e. The topological polar surface area (TPSA) is 73.5 Å². The third-order valence-electron chi connectivity index (χ3n) is 3.69. The van der Waals surface area contributed by atoms with E-state index in [4.69, 9.17) is 11.6 Å². The Morgan fingerprint density at radius 1 is 1.43 bits per heavy atom. The first-order valence-electron chi connectivity index (χ1n) is 7.32. The van der Waals surface area contributed by atoms with Gasteiger partial charge in [0.2, 0.25) is 5.91 Å². The van der Waals surface area contributed by atoms with Crippen molar-refractivity contribution in [3.8, 4) is 0 Å². The zero-order valence-electron chi connectivity index (χ0n) is 13.0. The number of halogens is 2. The van der Waals surface area contributed by atoms with Crippen LogP contribution in [-0.4, -0.2) is 50.1 Å². The van der Waals surface area contributed by atoms with Gasteiger partial charge in [-0.1, -0.05) is 23.7 Å². The molecule has 1 unspecified atom stereocenters. The minimum Gasteiger partial charge on any atom is -0.341 e. The van der Waals surface area contributed by atoms with Gasteiger partial charge in [-0.15, -0.1) is 12.4 Å². The Morgan fingerprint density at radius 2 is 2.22 bits per heavy atom. The van der Waals surface area contributed by atoms with Crippen molar-refractivity contribution >= 4 is 35.9 Å². The second kappa shape index (κ2) is 9.72. The number of nitrogens with zero attached hydrogens (tertiary/aromatic N) is 1. The normalized spacial score (nSPS) is 17.9. The molecule has 0 bridgehead atoms. The van der Waals surface area contributed by atoms with E-state index in [-0.39, 0.29) is 30.8 Å². The van der Waals surface area contributed by atoms with E-state index in [1.54, 1.807) is 0 Å². The third kappa shape index (κ3) is 5.99. The van der Waals surface area contributed by atoms with Crippen LogP contribution in [-0.2, 0) is 4.79 Å². The van der Waals surface area contributed by atoms with Crippen LogP contribution in [0.15, 0.2) is 24.3 Å². The molecule has 0 aliphatic carbocycles. The Bertz CT molecular complexity index is 542. The van der Waals surface area contributed by atoms with Crippen LogP contribution >= 0.6 is 24.0 Å². The molecule has 8 heteroatoms. The van der Waals surface area contributed by atoms with Crippen molar-refractivity contribution in [2.24, 2.45) is 0 Å². The number of hydrogen-bond acceptors (Lipinski definition) is 4. The minimum absolute atomic E-state index is 0. The van der Waals surface area contributed by atoms with Gasteiger partial charge in [0.05, 0.1) is 0 Å². The molecule has 1 fully saturated rings. The summed E-state index contributed by atoms with van der Waals surface area (Å²) in [5.74, 6) is -0.275. The van der Waals surface area contributed by atoms with Gasteiger partial charge in [-0.05, 0) is 17.7 Å². The smallest absolute Gasteiger partial charge is 0.321 e. The zero-order valence-corrected chi connectivity index (χ0v) is 14.5. The molecule has 1 aromatic rings. The number of benzene rings is 1. The largest absolute Gasteiger partial charge is 0.341 e. The number of hydrogen-bond donors (Lipinski definition) is 3. The molecule has 1 atom stereocenters. The number of carbonyl (C=O) groups excluding carboxylic acids is 2. The zero-order chi connectivity index (χ0) is 15.9. The molecule has 1 aromatic carbocycles. The minimum atomic E-state index is -0.475. The van der Waals surface area contributed by atoms with E-state index < -0.39 is 6.03 Å². The van der Waals surface area contributed by atoms with Crippen molar-refractivity contribution in [2.45, 2.75) is 12.5 Å². The molecule has 2 rings (SSSR count). The van der Waals surface area contributed by atoms with Crippen molar-refractivity contribution in [3.63, 3.8) is 0 Å². The summed E-state index contributed by atoms with van der Waals surface area (Å²) < 4.78 is 0. The van der Waals surface area contributed by atoms with Gasteiger partial charge in [-0.25, -0.2) is 4.79 Å². The molecule has 23 heavy (non-hydrogen) atoms. The quantitative estimate of drug-likeness (QED) is 0.761. The molecule has 1 aliphatic rings. The first-order valence-corrected chi connectivity index (χ1v) is 7.69. The summed E-state index contributed by atoms with van der Waals surface area (Å²) in [6.45, 7) is 3.15. The van der Waals surface area contributed by atoms with Crippen LogP contribution in [0, 0.1) is 0 Å². The van der Waals surface area contributed by atoms with Gasteiger partial charge in [0.25, 0.3) is 0 Å². The fourth-order valence-corrected chi connectivity index (χ4v) is 2.75. The van der Waals surface area contributed by atoms with Crippen LogP contribution in [0.3, 0.4) is 0 Å². The average molecular weight is 361 g/mol. The van der Waals surface area contributed by atoms with E-state index in [9.17, 15) is 9.59 Å². The highest BCUT2D eigenvalue weighted by Gasteiger charge is 2.24. The van der Waals surface area contributed by atoms with Gasteiger partial charge in [0, 0.05) is 50.7 Å². The number of amides is 3. The lowest BCUT2D eigenvalue weighted by atomic mass is 10.0. The highest BCUT2D eigenvalue weighted by Crippen LogP contribution is 2.24. The summed E-state index contributed by atoms with van der Waals surface area (Å²) in [5, 5.41) is 8.72. The SMILES string of the molecule is CNC(=O)NC(=O)CCN1CCNCC1c1cccc(Cl)c1.Cl. The van der Waals surface area contributed by atoms with Crippen molar-refractivity contribution in [3.05, 3.63) is 34.9 Å². The first kappa shape index (κ1) is 19.7. The van der Waals surface area contributed by atoms with Gasteiger partial charge in [0.15, 0.2) is 0 Å². The molecule has 1 saturated heterocycles. The third-order valence-corrected chi connectivity index (χ3v) is 3.93. The Balaban J connectivity index is 0.00000264. The molecular formula is C15H22Cl2N4O2. The number of urea groups is 1. The molecule has 1 heterocycles. The maximum atomic E-state index is 11.7. The molecule has 0 spiro atoms. The van der Waals surface area contributed by atoms with E-state index in [1.807, 2.05) is 24.3 Å². The number of carbonyl (C=O) groups is 2. The fourth-order valence-electron chi connectivity index (χ4n) is 2.55. The number of nitrogens with one attached hydrogen (secondary N) is 3. The Hall–Kier alpha value is -1.34. The Kier molecular flexibility index (Phi) is 8.33. The van der Waals surface area contributed by atoms with Gasteiger partial charge < -0.3 is 10.6 Å². The summed E-state index contributed by atoms with van der Waals surface area (Å²) in [4.78, 5) is 25.1. The summed E-state index contributed by atoms with van der Waals surface area (Å²) >= 11 is 6.07. The van der Waals surface area contributed by atoms with E-state index in [2.05, 4.69) is 20.9 Å². The predicted octanol–water partition coefficient (Wildman–Crippen LogP) is 1.55. The average Bonchev–Trinajstić information content (AvgIpc) is 2.53. The molecule has 0 saturated carbocycles. The van der Waals surface area contributed by atoms with Gasteiger partial charge in [-0.2, -0.15) is 0 Å². The molecule has 3 amide bonds. The summed E-state index contributed by atoms with van der Waals surface area (Å²) in [7, 11) is 1.48. The van der Waals surface area contributed by atoms with E-state index in [1.165, 1.54) is 7.05 Å². The first-order chi connectivity index (χ1) is 10.6. The molecule has 6 nitrogen and oxygen atoms in total. The predicted molar refractivity (Wildman–Crippen MR) is 93.1 cm³/mol. The van der Waals surface area contributed by atoms with Crippen molar-refractivity contribution in [1.29, 1.82) is 0 Å². The number of rotatable bonds is 4.